The van der Waals surface area contributed by atoms with Gasteiger partial charge in [0.15, 0.2) is 0 Å². The van der Waals surface area contributed by atoms with Crippen molar-refractivity contribution in [1.29, 1.82) is 0 Å². The molecule has 0 bridgehead atoms. The average molecular weight is 367 g/mol. The summed E-state index contributed by atoms with van der Waals surface area (Å²) in [6, 6.07) is 4.81. The zero-order valence-corrected chi connectivity index (χ0v) is 15.9. The monoisotopic (exact) mass is 367 g/mol. The van der Waals surface area contributed by atoms with Gasteiger partial charge in [-0.3, -0.25) is 5.32 Å². The molecule has 0 radical (unpaired) electrons. The first-order chi connectivity index (χ1) is 11.8. The predicted molar refractivity (Wildman–Crippen MR) is 98.8 cm³/mol. The van der Waals surface area contributed by atoms with E-state index in [1.165, 1.54) is 13.2 Å². The third-order valence-corrected chi connectivity index (χ3v) is 5.16. The Morgan fingerprint density at radius 1 is 1.36 bits per heavy atom. The highest BCUT2D eigenvalue weighted by atomic mass is 32.2. The van der Waals surface area contributed by atoms with Crippen LogP contribution in [0.15, 0.2) is 27.5 Å². The summed E-state index contributed by atoms with van der Waals surface area (Å²) in [4.78, 5) is 13.4. The molecule has 0 atom stereocenters. The third kappa shape index (κ3) is 4.50. The largest absolute Gasteiger partial charge is 0.453 e. The first-order valence-electron chi connectivity index (χ1n) is 8.39. The van der Waals surface area contributed by atoms with Crippen molar-refractivity contribution >= 4 is 33.3 Å². The van der Waals surface area contributed by atoms with E-state index in [0.29, 0.717) is 36.1 Å². The van der Waals surface area contributed by atoms with Gasteiger partial charge in [-0.1, -0.05) is 27.2 Å². The van der Waals surface area contributed by atoms with E-state index in [2.05, 4.69) is 21.4 Å². The number of nitrogens with zero attached hydrogens (tertiary/aromatic N) is 2. The zero-order valence-electron chi connectivity index (χ0n) is 15.1. The summed E-state index contributed by atoms with van der Waals surface area (Å²) in [6.45, 7) is 6.86. The number of benzene rings is 1. The molecule has 0 fully saturated rings. The summed E-state index contributed by atoms with van der Waals surface area (Å²) in [5, 5.41) is 2.49. The second-order valence-corrected chi connectivity index (χ2v) is 7.96. The van der Waals surface area contributed by atoms with Gasteiger partial charge in [-0.05, 0) is 30.5 Å². The van der Waals surface area contributed by atoms with Crippen molar-refractivity contribution in [3.8, 4) is 0 Å². The van der Waals surface area contributed by atoms with Crippen molar-refractivity contribution in [3.63, 3.8) is 0 Å². The number of rotatable bonds is 6. The molecule has 1 aliphatic rings. The molecule has 7 nitrogen and oxygen atoms in total. The van der Waals surface area contributed by atoms with Gasteiger partial charge in [0.05, 0.1) is 12.8 Å². The quantitative estimate of drug-likeness (QED) is 0.829. The van der Waals surface area contributed by atoms with Crippen molar-refractivity contribution in [2.75, 3.05) is 23.9 Å². The van der Waals surface area contributed by atoms with Gasteiger partial charge >= 0.3 is 6.09 Å². The maximum absolute atomic E-state index is 12.6. The van der Waals surface area contributed by atoms with E-state index in [4.69, 9.17) is 0 Å². The van der Waals surface area contributed by atoms with Gasteiger partial charge in [0.2, 0.25) is 0 Å². The normalized spacial score (nSPS) is 15.6. The lowest BCUT2D eigenvalue weighted by atomic mass is 10.1. The number of amidine groups is 1. The molecule has 1 amide bonds. The Morgan fingerprint density at radius 3 is 2.68 bits per heavy atom. The molecule has 25 heavy (non-hydrogen) atoms. The molecule has 0 saturated carbocycles. The maximum atomic E-state index is 12.6. The van der Waals surface area contributed by atoms with Crippen LogP contribution in [0.2, 0.25) is 0 Å². The molecule has 138 valence electrons. The van der Waals surface area contributed by atoms with Crippen molar-refractivity contribution in [2.45, 2.75) is 44.9 Å². The average Bonchev–Trinajstić information content (AvgIpc) is 2.54. The van der Waals surface area contributed by atoms with Crippen LogP contribution in [-0.4, -0.2) is 34.0 Å². The van der Waals surface area contributed by atoms with E-state index in [9.17, 15) is 13.2 Å². The highest BCUT2D eigenvalue weighted by Gasteiger charge is 2.31. The number of unbranched alkanes of at least 4 members (excludes halogenated alkanes) is 1. The summed E-state index contributed by atoms with van der Waals surface area (Å²) >= 11 is 0. The standard InChI is InChI=1S/C17H25N3O4S/c1-5-6-9-20-14-8-7-13(18-17(21)24-4)11-15(14)25(22,23)19-16(20)10-12(2)3/h7-8,11-12H,5-6,9-10H2,1-4H3,(H,18,21). The number of hydrogen-bond acceptors (Lipinski definition) is 5. The molecule has 8 heteroatoms. The first-order valence-corrected chi connectivity index (χ1v) is 9.83. The number of fused-ring (bicyclic) bond motifs is 1. The van der Waals surface area contributed by atoms with Gasteiger partial charge in [-0.2, -0.15) is 8.42 Å². The predicted octanol–water partition coefficient (Wildman–Crippen LogP) is 3.62. The lowest BCUT2D eigenvalue weighted by Crippen LogP contribution is -2.37. The van der Waals surface area contributed by atoms with Crippen LogP contribution in [0.3, 0.4) is 0 Å². The van der Waals surface area contributed by atoms with Crippen LogP contribution < -0.4 is 10.2 Å². The summed E-state index contributed by atoms with van der Waals surface area (Å²) in [6.07, 6.45) is 1.86. The van der Waals surface area contributed by atoms with Gasteiger partial charge in [-0.25, -0.2) is 4.79 Å². The Balaban J connectivity index is 2.48. The van der Waals surface area contributed by atoms with Crippen molar-refractivity contribution in [1.82, 2.24) is 0 Å². The van der Waals surface area contributed by atoms with Gasteiger partial charge in [0.1, 0.15) is 10.7 Å². The van der Waals surface area contributed by atoms with E-state index in [0.717, 1.165) is 12.8 Å². The van der Waals surface area contributed by atoms with Crippen LogP contribution >= 0.6 is 0 Å². The molecule has 2 rings (SSSR count). The van der Waals surface area contributed by atoms with Gasteiger partial charge in [-0.15, -0.1) is 4.40 Å². The smallest absolute Gasteiger partial charge is 0.411 e. The van der Waals surface area contributed by atoms with Crippen LogP contribution in [0.25, 0.3) is 0 Å². The Labute approximate surface area is 149 Å². The Bertz CT molecular complexity index is 772. The fraction of sp³-hybridized carbons (Fsp3) is 0.529. The number of nitrogens with one attached hydrogen (secondary N) is 1. The molecule has 0 aliphatic carbocycles. The molecule has 1 aromatic rings. The number of hydrogen-bond donors (Lipinski definition) is 1. The van der Waals surface area contributed by atoms with E-state index in [1.807, 2.05) is 18.7 Å². The van der Waals surface area contributed by atoms with E-state index >= 15 is 0 Å². The number of anilines is 2. The Morgan fingerprint density at radius 2 is 2.08 bits per heavy atom. The second-order valence-electron chi connectivity index (χ2n) is 6.38. The molecule has 1 aromatic carbocycles. The molecule has 0 unspecified atom stereocenters. The molecule has 1 aliphatic heterocycles. The molecular weight excluding hydrogens is 342 g/mol. The van der Waals surface area contributed by atoms with Crippen LogP contribution in [0.4, 0.5) is 16.2 Å². The van der Waals surface area contributed by atoms with E-state index < -0.39 is 16.1 Å². The van der Waals surface area contributed by atoms with Gasteiger partial charge in [0.25, 0.3) is 10.0 Å². The SMILES string of the molecule is CCCCN1C(CC(C)C)=NS(=O)(=O)c2cc(NC(=O)OC)ccc21. The van der Waals surface area contributed by atoms with Crippen molar-refractivity contribution in [2.24, 2.45) is 10.3 Å². The van der Waals surface area contributed by atoms with Crippen LogP contribution in [0.1, 0.15) is 40.0 Å². The summed E-state index contributed by atoms with van der Waals surface area (Å²) in [7, 11) is -2.56. The fourth-order valence-corrected chi connectivity index (χ4v) is 3.91. The van der Waals surface area contributed by atoms with Gasteiger partial charge < -0.3 is 9.64 Å². The number of carbonyl (C=O) groups is 1. The molecule has 0 saturated heterocycles. The lowest BCUT2D eigenvalue weighted by molar-refractivity contribution is 0.187. The fourth-order valence-electron chi connectivity index (χ4n) is 2.64. The number of sulfonamides is 1. The topological polar surface area (TPSA) is 88.1 Å². The van der Waals surface area contributed by atoms with Crippen molar-refractivity contribution < 1.29 is 17.9 Å². The van der Waals surface area contributed by atoms with E-state index in [1.54, 1.807) is 12.1 Å². The highest BCUT2D eigenvalue weighted by molar-refractivity contribution is 7.90. The molecule has 0 aromatic heterocycles. The summed E-state index contributed by atoms with van der Waals surface area (Å²) in [5.74, 6) is 0.865. The number of ether oxygens (including phenoxy) is 1. The van der Waals surface area contributed by atoms with Crippen LogP contribution in [0, 0.1) is 5.92 Å². The summed E-state index contributed by atoms with van der Waals surface area (Å²) in [5.41, 5.74) is 0.960. The Hall–Kier alpha value is -2.09. The minimum atomic E-state index is -3.81. The number of carbonyl (C=O) groups excluding carboxylic acids is 1. The number of methoxy groups -OCH3 is 1. The first kappa shape index (κ1) is 19.2. The molecule has 0 spiro atoms. The minimum absolute atomic E-state index is 0.102. The maximum Gasteiger partial charge on any atom is 0.411 e. The molecule has 1 N–H and O–H groups in total. The van der Waals surface area contributed by atoms with Crippen LogP contribution in [-0.2, 0) is 14.8 Å². The molecular formula is C17H25N3O4S. The lowest BCUT2D eigenvalue weighted by Gasteiger charge is -2.32. The Kier molecular flexibility index (Phi) is 6.05. The van der Waals surface area contributed by atoms with Crippen molar-refractivity contribution in [3.05, 3.63) is 18.2 Å². The minimum Gasteiger partial charge on any atom is -0.453 e. The molecule has 1 heterocycles. The summed E-state index contributed by atoms with van der Waals surface area (Å²) < 4.78 is 33.9. The zero-order chi connectivity index (χ0) is 18.6. The highest BCUT2D eigenvalue weighted by Crippen LogP contribution is 2.35. The van der Waals surface area contributed by atoms with E-state index in [-0.39, 0.29) is 4.90 Å². The number of amides is 1. The van der Waals surface area contributed by atoms with Gasteiger partial charge in [0, 0.05) is 18.7 Å². The van der Waals surface area contributed by atoms with Crippen LogP contribution in [0.5, 0.6) is 0 Å². The second kappa shape index (κ2) is 7.86. The third-order valence-electron chi connectivity index (χ3n) is 3.82.